The highest BCUT2D eigenvalue weighted by atomic mass is 32.1. The smallest absolute Gasteiger partial charge is 0.258 e. The number of rotatable bonds is 5. The molecule has 7 heteroatoms. The first kappa shape index (κ1) is 17.4. The quantitative estimate of drug-likeness (QED) is 0.865. The molecule has 24 heavy (non-hydrogen) atoms. The Morgan fingerprint density at radius 1 is 1.21 bits per heavy atom. The van der Waals surface area contributed by atoms with Gasteiger partial charge in [0.15, 0.2) is 0 Å². The van der Waals surface area contributed by atoms with Gasteiger partial charge in [0.25, 0.3) is 5.91 Å². The third-order valence-corrected chi connectivity index (χ3v) is 6.21. The number of primary amides is 1. The molecule has 0 bridgehead atoms. The van der Waals surface area contributed by atoms with E-state index in [0.29, 0.717) is 11.3 Å². The van der Waals surface area contributed by atoms with Gasteiger partial charge < -0.3 is 20.4 Å². The lowest BCUT2D eigenvalue weighted by Gasteiger charge is -2.33. The number of piperazine rings is 1. The van der Waals surface area contributed by atoms with E-state index in [1.165, 1.54) is 11.3 Å². The van der Waals surface area contributed by atoms with Crippen molar-refractivity contribution in [1.82, 2.24) is 14.7 Å². The minimum Gasteiger partial charge on any atom is -0.365 e. The Hall–Kier alpha value is -1.44. The number of hydrogen-bond donors (Lipinski definition) is 1. The number of thiophene rings is 1. The van der Waals surface area contributed by atoms with E-state index in [1.807, 2.05) is 11.0 Å². The first-order valence-electron chi connectivity index (χ1n) is 8.64. The standard InChI is InChI=1S/C17H26N4O2S/c1-19-9-11-20(12-10-19)8-6-16(22)21-7-2-3-13(21)14-4-5-15(24-14)17(18)23/h4-5,13H,2-3,6-12H2,1H3,(H2,18,23). The van der Waals surface area contributed by atoms with Crippen molar-refractivity contribution in [2.24, 2.45) is 5.73 Å². The molecule has 132 valence electrons. The molecule has 2 aliphatic rings. The zero-order valence-corrected chi connectivity index (χ0v) is 15.1. The van der Waals surface area contributed by atoms with Crippen LogP contribution in [0.15, 0.2) is 12.1 Å². The number of hydrogen-bond acceptors (Lipinski definition) is 5. The molecule has 2 N–H and O–H groups in total. The van der Waals surface area contributed by atoms with Gasteiger partial charge in [0.05, 0.1) is 10.9 Å². The summed E-state index contributed by atoms with van der Waals surface area (Å²) in [6.45, 7) is 5.89. The van der Waals surface area contributed by atoms with Crippen LogP contribution < -0.4 is 5.73 Å². The Balaban J connectivity index is 1.56. The van der Waals surface area contributed by atoms with E-state index in [4.69, 9.17) is 5.73 Å². The van der Waals surface area contributed by atoms with Gasteiger partial charge in [0.1, 0.15) is 0 Å². The van der Waals surface area contributed by atoms with Crippen LogP contribution in [0.25, 0.3) is 0 Å². The van der Waals surface area contributed by atoms with Crippen molar-refractivity contribution in [3.8, 4) is 0 Å². The van der Waals surface area contributed by atoms with Gasteiger partial charge in [-0.05, 0) is 32.0 Å². The third kappa shape index (κ3) is 3.96. The molecule has 1 atom stereocenters. The Bertz CT molecular complexity index is 595. The van der Waals surface area contributed by atoms with Crippen molar-refractivity contribution >= 4 is 23.2 Å². The predicted octanol–water partition coefficient (Wildman–Crippen LogP) is 1.15. The first-order valence-corrected chi connectivity index (χ1v) is 9.46. The van der Waals surface area contributed by atoms with E-state index >= 15 is 0 Å². The molecule has 3 rings (SSSR count). The first-order chi connectivity index (χ1) is 11.5. The maximum atomic E-state index is 12.7. The number of carbonyl (C=O) groups is 2. The van der Waals surface area contributed by atoms with Gasteiger partial charge >= 0.3 is 0 Å². The average Bonchev–Trinajstić information content (AvgIpc) is 3.22. The van der Waals surface area contributed by atoms with Crippen molar-refractivity contribution in [3.05, 3.63) is 21.9 Å². The summed E-state index contributed by atoms with van der Waals surface area (Å²) >= 11 is 1.42. The molecule has 1 aromatic rings. The lowest BCUT2D eigenvalue weighted by atomic mass is 10.1. The number of nitrogens with two attached hydrogens (primary N) is 1. The summed E-state index contributed by atoms with van der Waals surface area (Å²) in [5.74, 6) is -0.164. The second-order valence-corrected chi connectivity index (χ2v) is 7.82. The zero-order valence-electron chi connectivity index (χ0n) is 14.2. The third-order valence-electron chi connectivity index (χ3n) is 5.01. The van der Waals surface area contributed by atoms with Crippen LogP contribution in [0.2, 0.25) is 0 Å². The van der Waals surface area contributed by atoms with Gasteiger partial charge in [0.2, 0.25) is 5.91 Å². The van der Waals surface area contributed by atoms with Gasteiger partial charge in [-0.2, -0.15) is 0 Å². The van der Waals surface area contributed by atoms with Crippen LogP contribution in [-0.2, 0) is 4.79 Å². The minimum absolute atomic E-state index is 0.114. The Morgan fingerprint density at radius 3 is 2.62 bits per heavy atom. The van der Waals surface area contributed by atoms with Crippen LogP contribution in [0.3, 0.4) is 0 Å². The molecule has 2 saturated heterocycles. The van der Waals surface area contributed by atoms with Gasteiger partial charge in [-0.25, -0.2) is 0 Å². The Labute approximate surface area is 147 Å². The summed E-state index contributed by atoms with van der Waals surface area (Å²) in [5.41, 5.74) is 5.34. The summed E-state index contributed by atoms with van der Waals surface area (Å²) in [7, 11) is 2.14. The van der Waals surface area contributed by atoms with Gasteiger partial charge in [-0.1, -0.05) is 0 Å². The molecular formula is C17H26N4O2S. The Morgan fingerprint density at radius 2 is 1.96 bits per heavy atom. The topological polar surface area (TPSA) is 69.9 Å². The van der Waals surface area contributed by atoms with Crippen LogP contribution in [-0.4, -0.2) is 72.8 Å². The van der Waals surface area contributed by atoms with E-state index < -0.39 is 5.91 Å². The number of amides is 2. The molecule has 0 spiro atoms. The van der Waals surface area contributed by atoms with E-state index in [9.17, 15) is 9.59 Å². The molecule has 0 saturated carbocycles. The van der Waals surface area contributed by atoms with E-state index in [-0.39, 0.29) is 11.9 Å². The van der Waals surface area contributed by atoms with Gasteiger partial charge in [0, 0.05) is 50.6 Å². The van der Waals surface area contributed by atoms with Crippen molar-refractivity contribution in [3.63, 3.8) is 0 Å². The summed E-state index contributed by atoms with van der Waals surface area (Å²) in [6, 6.07) is 3.83. The lowest BCUT2D eigenvalue weighted by molar-refractivity contribution is -0.132. The molecule has 6 nitrogen and oxygen atoms in total. The molecule has 2 amide bonds. The SMILES string of the molecule is CN1CCN(CCC(=O)N2CCCC2c2ccc(C(N)=O)s2)CC1. The fraction of sp³-hybridized carbons (Fsp3) is 0.647. The molecule has 0 aliphatic carbocycles. The maximum Gasteiger partial charge on any atom is 0.258 e. The molecule has 1 unspecified atom stereocenters. The summed E-state index contributed by atoms with van der Waals surface area (Å²) in [6.07, 6.45) is 2.57. The number of nitrogens with zero attached hydrogens (tertiary/aromatic N) is 3. The highest BCUT2D eigenvalue weighted by molar-refractivity contribution is 7.14. The second kappa shape index (κ2) is 7.63. The van der Waals surface area contributed by atoms with E-state index in [1.54, 1.807) is 6.07 Å². The molecule has 2 fully saturated rings. The van der Waals surface area contributed by atoms with Gasteiger partial charge in [-0.15, -0.1) is 11.3 Å². The molecular weight excluding hydrogens is 324 g/mol. The molecule has 0 radical (unpaired) electrons. The fourth-order valence-electron chi connectivity index (χ4n) is 3.49. The van der Waals surface area contributed by atoms with Crippen LogP contribution >= 0.6 is 11.3 Å². The van der Waals surface area contributed by atoms with Crippen LogP contribution in [0.1, 0.15) is 39.9 Å². The number of likely N-dealkylation sites (tertiary alicyclic amines) is 1. The summed E-state index contributed by atoms with van der Waals surface area (Å²) in [5, 5.41) is 0. The molecule has 3 heterocycles. The predicted molar refractivity (Wildman–Crippen MR) is 95.1 cm³/mol. The van der Waals surface area contributed by atoms with Gasteiger partial charge in [-0.3, -0.25) is 9.59 Å². The maximum absolute atomic E-state index is 12.7. The second-order valence-electron chi connectivity index (χ2n) is 6.71. The van der Waals surface area contributed by atoms with E-state index in [2.05, 4.69) is 16.8 Å². The van der Waals surface area contributed by atoms with E-state index in [0.717, 1.165) is 57.0 Å². The zero-order chi connectivity index (χ0) is 17.1. The number of carbonyl (C=O) groups excluding carboxylic acids is 2. The van der Waals surface area contributed by atoms with Crippen molar-refractivity contribution in [2.45, 2.75) is 25.3 Å². The highest BCUT2D eigenvalue weighted by Gasteiger charge is 2.31. The fourth-order valence-corrected chi connectivity index (χ4v) is 4.50. The van der Waals surface area contributed by atoms with Crippen LogP contribution in [0.4, 0.5) is 0 Å². The van der Waals surface area contributed by atoms with Crippen molar-refractivity contribution in [2.75, 3.05) is 46.3 Å². The highest BCUT2D eigenvalue weighted by Crippen LogP contribution is 2.36. The number of likely N-dealkylation sites (N-methyl/N-ethyl adjacent to an activating group) is 1. The van der Waals surface area contributed by atoms with Crippen molar-refractivity contribution in [1.29, 1.82) is 0 Å². The van der Waals surface area contributed by atoms with Crippen LogP contribution in [0.5, 0.6) is 0 Å². The monoisotopic (exact) mass is 350 g/mol. The largest absolute Gasteiger partial charge is 0.365 e. The molecule has 2 aliphatic heterocycles. The summed E-state index contributed by atoms with van der Waals surface area (Å²) < 4.78 is 0. The van der Waals surface area contributed by atoms with Crippen molar-refractivity contribution < 1.29 is 9.59 Å². The summed E-state index contributed by atoms with van der Waals surface area (Å²) in [4.78, 5) is 32.3. The lowest BCUT2D eigenvalue weighted by Crippen LogP contribution is -2.45. The molecule has 1 aromatic heterocycles. The minimum atomic E-state index is -0.391. The van der Waals surface area contributed by atoms with Crippen LogP contribution in [0, 0.1) is 0 Å². The average molecular weight is 350 g/mol. The Kier molecular flexibility index (Phi) is 5.53. The molecule has 0 aromatic carbocycles. The normalized spacial score (nSPS) is 22.9.